The first kappa shape index (κ1) is 11.6. The SMILES string of the molecule is O=C=NS(=O)(=O)c1cc(Br)ccc1Br. The number of hydrogen-bond donors (Lipinski definition) is 0. The molecule has 0 saturated heterocycles. The summed E-state index contributed by atoms with van der Waals surface area (Å²) in [6.45, 7) is 0. The number of hydrogen-bond acceptors (Lipinski definition) is 3. The van der Waals surface area contributed by atoms with Crippen molar-refractivity contribution < 1.29 is 13.2 Å². The third kappa shape index (κ3) is 2.51. The van der Waals surface area contributed by atoms with Crippen molar-refractivity contribution in [2.24, 2.45) is 4.40 Å². The Kier molecular flexibility index (Phi) is 3.60. The number of rotatable bonds is 2. The molecule has 0 aliphatic heterocycles. The van der Waals surface area contributed by atoms with Gasteiger partial charge in [-0.05, 0) is 34.1 Å². The number of sulfonamides is 1. The summed E-state index contributed by atoms with van der Waals surface area (Å²) in [7, 11) is -3.94. The first-order valence-electron chi connectivity index (χ1n) is 3.26. The molecule has 0 atom stereocenters. The van der Waals surface area contributed by atoms with E-state index in [-0.39, 0.29) is 4.90 Å². The molecule has 0 spiro atoms. The van der Waals surface area contributed by atoms with E-state index in [4.69, 9.17) is 0 Å². The molecule has 1 aromatic rings. The second kappa shape index (κ2) is 4.35. The van der Waals surface area contributed by atoms with Crippen LogP contribution in [0.2, 0.25) is 0 Å². The minimum Gasteiger partial charge on any atom is -0.210 e. The minimum absolute atomic E-state index is 0.0739. The van der Waals surface area contributed by atoms with E-state index >= 15 is 0 Å². The molecule has 0 amide bonds. The van der Waals surface area contributed by atoms with Gasteiger partial charge in [0, 0.05) is 8.95 Å². The van der Waals surface area contributed by atoms with Gasteiger partial charge in [-0.1, -0.05) is 20.3 Å². The maximum atomic E-state index is 11.3. The number of isocyanates is 1. The van der Waals surface area contributed by atoms with E-state index in [9.17, 15) is 13.2 Å². The first-order valence-corrected chi connectivity index (χ1v) is 6.29. The van der Waals surface area contributed by atoms with Crippen LogP contribution in [0.4, 0.5) is 0 Å². The average molecular weight is 341 g/mol. The van der Waals surface area contributed by atoms with Gasteiger partial charge in [0.05, 0.1) is 0 Å². The van der Waals surface area contributed by atoms with Gasteiger partial charge in [-0.2, -0.15) is 8.42 Å². The third-order valence-corrected chi connectivity index (χ3v) is 3.98. The van der Waals surface area contributed by atoms with Gasteiger partial charge in [-0.25, -0.2) is 4.79 Å². The van der Waals surface area contributed by atoms with Gasteiger partial charge in [-0.3, -0.25) is 0 Å². The molecule has 1 rings (SSSR count). The van der Waals surface area contributed by atoms with Gasteiger partial charge >= 0.3 is 0 Å². The average Bonchev–Trinajstić information content (AvgIpc) is 2.09. The van der Waals surface area contributed by atoms with Crippen LogP contribution in [0.3, 0.4) is 0 Å². The number of halogens is 2. The molecule has 0 N–H and O–H groups in total. The summed E-state index contributed by atoms with van der Waals surface area (Å²) >= 11 is 6.16. The van der Waals surface area contributed by atoms with Crippen molar-refractivity contribution in [3.63, 3.8) is 0 Å². The molecule has 14 heavy (non-hydrogen) atoms. The van der Waals surface area contributed by atoms with Crippen LogP contribution >= 0.6 is 31.9 Å². The van der Waals surface area contributed by atoms with E-state index in [0.29, 0.717) is 8.95 Å². The van der Waals surface area contributed by atoms with Crippen molar-refractivity contribution >= 4 is 48.0 Å². The Morgan fingerprint density at radius 1 is 1.29 bits per heavy atom. The van der Waals surface area contributed by atoms with Crippen molar-refractivity contribution in [3.8, 4) is 0 Å². The Morgan fingerprint density at radius 2 is 1.93 bits per heavy atom. The zero-order valence-electron chi connectivity index (χ0n) is 6.57. The summed E-state index contributed by atoms with van der Waals surface area (Å²) in [6.07, 6.45) is 1.00. The zero-order chi connectivity index (χ0) is 10.8. The summed E-state index contributed by atoms with van der Waals surface area (Å²) in [5, 5.41) is 0. The standard InChI is InChI=1S/C7H3Br2NO3S/c8-5-1-2-6(9)7(3-5)14(12,13)10-4-11/h1-3H. The van der Waals surface area contributed by atoms with Gasteiger partial charge < -0.3 is 0 Å². The molecular weight excluding hydrogens is 338 g/mol. The number of benzene rings is 1. The van der Waals surface area contributed by atoms with E-state index in [2.05, 4.69) is 36.3 Å². The van der Waals surface area contributed by atoms with Crippen LogP contribution in [0.25, 0.3) is 0 Å². The van der Waals surface area contributed by atoms with Gasteiger partial charge in [0.15, 0.2) is 0 Å². The van der Waals surface area contributed by atoms with E-state index in [1.165, 1.54) is 12.1 Å². The molecule has 0 fully saturated rings. The van der Waals surface area contributed by atoms with Crippen molar-refractivity contribution in [3.05, 3.63) is 27.1 Å². The molecule has 4 nitrogen and oxygen atoms in total. The molecule has 0 unspecified atom stereocenters. The van der Waals surface area contributed by atoms with Crippen LogP contribution in [0, 0.1) is 0 Å². The molecule has 0 heterocycles. The van der Waals surface area contributed by atoms with Crippen LogP contribution in [0.1, 0.15) is 0 Å². The molecule has 0 aromatic heterocycles. The van der Waals surface area contributed by atoms with Crippen LogP contribution in [-0.4, -0.2) is 14.5 Å². The highest BCUT2D eigenvalue weighted by Gasteiger charge is 2.16. The third-order valence-electron chi connectivity index (χ3n) is 1.33. The predicted molar refractivity (Wildman–Crippen MR) is 57.1 cm³/mol. The van der Waals surface area contributed by atoms with E-state index in [0.717, 1.165) is 6.08 Å². The fourth-order valence-corrected chi connectivity index (χ4v) is 2.93. The molecule has 1 aromatic carbocycles. The monoisotopic (exact) mass is 339 g/mol. The Balaban J connectivity index is 3.46. The van der Waals surface area contributed by atoms with Crippen LogP contribution < -0.4 is 0 Å². The number of carbonyl (C=O) groups excluding carboxylic acids is 1. The number of nitrogens with zero attached hydrogens (tertiary/aromatic N) is 1. The maximum absolute atomic E-state index is 11.3. The van der Waals surface area contributed by atoms with E-state index in [1.54, 1.807) is 6.07 Å². The normalized spacial score (nSPS) is 10.7. The van der Waals surface area contributed by atoms with Gasteiger partial charge in [-0.15, -0.1) is 0 Å². The smallest absolute Gasteiger partial charge is 0.210 e. The molecule has 74 valence electrons. The maximum Gasteiger partial charge on any atom is 0.293 e. The van der Waals surface area contributed by atoms with Crippen LogP contribution in [0.15, 0.2) is 36.4 Å². The second-order valence-electron chi connectivity index (χ2n) is 2.23. The molecule has 0 saturated carbocycles. The van der Waals surface area contributed by atoms with Gasteiger partial charge in [0.2, 0.25) is 0 Å². The molecule has 0 aliphatic carbocycles. The largest absolute Gasteiger partial charge is 0.293 e. The van der Waals surface area contributed by atoms with Gasteiger partial charge in [0.1, 0.15) is 4.90 Å². The highest BCUT2D eigenvalue weighted by atomic mass is 79.9. The van der Waals surface area contributed by atoms with Crippen molar-refractivity contribution in [1.29, 1.82) is 0 Å². The molecular formula is C7H3Br2NO3S. The lowest BCUT2D eigenvalue weighted by Crippen LogP contribution is -1.97. The lowest BCUT2D eigenvalue weighted by molar-refractivity contribution is 0.563. The van der Waals surface area contributed by atoms with Crippen molar-refractivity contribution in [1.82, 2.24) is 0 Å². The summed E-state index contributed by atoms with van der Waals surface area (Å²) in [5.41, 5.74) is 0. The Bertz CT molecular complexity index is 506. The van der Waals surface area contributed by atoms with E-state index < -0.39 is 10.0 Å². The summed E-state index contributed by atoms with van der Waals surface area (Å²) in [5.74, 6) is 0. The zero-order valence-corrected chi connectivity index (χ0v) is 10.6. The summed E-state index contributed by atoms with van der Waals surface area (Å²) in [6, 6.07) is 4.55. The topological polar surface area (TPSA) is 63.6 Å². The fraction of sp³-hybridized carbons (Fsp3) is 0. The Labute approximate surface area is 97.3 Å². The highest BCUT2D eigenvalue weighted by Crippen LogP contribution is 2.26. The molecule has 7 heteroatoms. The quantitative estimate of drug-likeness (QED) is 0.612. The van der Waals surface area contributed by atoms with Crippen LogP contribution in [-0.2, 0) is 14.8 Å². The lowest BCUT2D eigenvalue weighted by Gasteiger charge is -2.00. The van der Waals surface area contributed by atoms with Crippen molar-refractivity contribution in [2.45, 2.75) is 4.90 Å². The first-order chi connectivity index (χ1) is 6.47. The minimum atomic E-state index is -3.94. The molecule has 0 bridgehead atoms. The Morgan fingerprint density at radius 3 is 2.50 bits per heavy atom. The summed E-state index contributed by atoms with van der Waals surface area (Å²) in [4.78, 5) is 9.82. The predicted octanol–water partition coefficient (Wildman–Crippen LogP) is 2.24. The van der Waals surface area contributed by atoms with Gasteiger partial charge in [0.25, 0.3) is 16.1 Å². The van der Waals surface area contributed by atoms with E-state index in [1.807, 2.05) is 0 Å². The Hall–Kier alpha value is -0.490. The highest BCUT2D eigenvalue weighted by molar-refractivity contribution is 9.11. The fourth-order valence-electron chi connectivity index (χ4n) is 0.773. The second-order valence-corrected chi connectivity index (χ2v) is 5.57. The molecule has 0 aliphatic rings. The summed E-state index contributed by atoms with van der Waals surface area (Å²) < 4.78 is 26.3. The molecule has 0 radical (unpaired) electrons. The van der Waals surface area contributed by atoms with Crippen molar-refractivity contribution in [2.75, 3.05) is 0 Å². The van der Waals surface area contributed by atoms with Crippen LogP contribution in [0.5, 0.6) is 0 Å². The lowest BCUT2D eigenvalue weighted by atomic mass is 10.4.